The van der Waals surface area contributed by atoms with Crippen molar-refractivity contribution in [2.24, 2.45) is 0 Å². The van der Waals surface area contributed by atoms with Gasteiger partial charge in [0.15, 0.2) is 5.13 Å². The topological polar surface area (TPSA) is 62.3 Å². The van der Waals surface area contributed by atoms with Crippen molar-refractivity contribution in [1.29, 1.82) is 0 Å². The number of benzene rings is 1. The molecule has 1 aromatic heterocycles. The lowest BCUT2D eigenvalue weighted by atomic mass is 10.1. The molecule has 0 saturated heterocycles. The molecule has 2 amide bonds. The third kappa shape index (κ3) is 4.38. The van der Waals surface area contributed by atoms with Crippen LogP contribution in [0, 0.1) is 6.92 Å². The molecule has 1 aliphatic rings. The zero-order chi connectivity index (χ0) is 19.4. The molecule has 144 valence electrons. The van der Waals surface area contributed by atoms with E-state index in [4.69, 9.17) is 0 Å². The lowest BCUT2D eigenvalue weighted by Crippen LogP contribution is -2.36. The van der Waals surface area contributed by atoms with Gasteiger partial charge >= 0.3 is 0 Å². The van der Waals surface area contributed by atoms with Crippen molar-refractivity contribution in [1.82, 2.24) is 9.88 Å². The Hall–Kier alpha value is -2.21. The van der Waals surface area contributed by atoms with Gasteiger partial charge in [-0.2, -0.15) is 0 Å². The number of thiazole rings is 1. The standard InChI is InChI=1S/C21H27N3O2S/c1-4-12-24(13-5-2)20(26)16-10-11-17-18(16)22-21(27-17)23-19(25)15-8-6-14(3)7-9-15/h6-9,16H,4-5,10-13H2,1-3H3,(H,22,23,25). The first-order chi connectivity index (χ1) is 13.0. The normalized spacial score (nSPS) is 15.4. The van der Waals surface area contributed by atoms with Gasteiger partial charge in [0.1, 0.15) is 0 Å². The zero-order valence-electron chi connectivity index (χ0n) is 16.2. The van der Waals surface area contributed by atoms with Crippen LogP contribution in [0.2, 0.25) is 0 Å². The number of anilines is 1. The predicted octanol–water partition coefficient (Wildman–Crippen LogP) is 4.38. The lowest BCUT2D eigenvalue weighted by Gasteiger charge is -2.24. The number of carbonyl (C=O) groups excluding carboxylic acids is 2. The molecule has 3 rings (SSSR count). The number of carbonyl (C=O) groups is 2. The summed E-state index contributed by atoms with van der Waals surface area (Å²) in [5, 5.41) is 3.47. The van der Waals surface area contributed by atoms with Gasteiger partial charge in [0, 0.05) is 23.5 Å². The number of nitrogens with zero attached hydrogens (tertiary/aromatic N) is 2. The quantitative estimate of drug-likeness (QED) is 0.769. The van der Waals surface area contributed by atoms with Crippen molar-refractivity contribution in [2.75, 3.05) is 18.4 Å². The van der Waals surface area contributed by atoms with Gasteiger partial charge in [-0.25, -0.2) is 4.98 Å². The molecule has 1 atom stereocenters. The van der Waals surface area contributed by atoms with Crippen molar-refractivity contribution in [3.63, 3.8) is 0 Å². The second kappa shape index (κ2) is 8.65. The van der Waals surface area contributed by atoms with Crippen LogP contribution in [0.1, 0.15) is 65.5 Å². The fourth-order valence-corrected chi connectivity index (χ4v) is 4.52. The maximum Gasteiger partial charge on any atom is 0.257 e. The summed E-state index contributed by atoms with van der Waals surface area (Å²) in [6.45, 7) is 7.76. The van der Waals surface area contributed by atoms with Gasteiger partial charge in [0.25, 0.3) is 5.91 Å². The van der Waals surface area contributed by atoms with Crippen molar-refractivity contribution < 1.29 is 9.59 Å². The van der Waals surface area contributed by atoms with Gasteiger partial charge in [-0.1, -0.05) is 31.5 Å². The molecule has 1 aliphatic carbocycles. The number of aryl methyl sites for hydroxylation is 2. The number of hydrogen-bond acceptors (Lipinski definition) is 4. The van der Waals surface area contributed by atoms with Gasteiger partial charge in [0.2, 0.25) is 5.91 Å². The van der Waals surface area contributed by atoms with Gasteiger partial charge < -0.3 is 4.90 Å². The van der Waals surface area contributed by atoms with E-state index < -0.39 is 0 Å². The largest absolute Gasteiger partial charge is 0.342 e. The summed E-state index contributed by atoms with van der Waals surface area (Å²) in [4.78, 5) is 33.1. The number of hydrogen-bond donors (Lipinski definition) is 1. The Bertz CT molecular complexity index is 807. The maximum atomic E-state index is 13.0. The van der Waals surface area contributed by atoms with Crippen LogP contribution in [0.15, 0.2) is 24.3 Å². The van der Waals surface area contributed by atoms with Crippen LogP contribution in [0.3, 0.4) is 0 Å². The van der Waals surface area contributed by atoms with Gasteiger partial charge in [-0.15, -0.1) is 11.3 Å². The predicted molar refractivity (Wildman–Crippen MR) is 109 cm³/mol. The number of aromatic nitrogens is 1. The zero-order valence-corrected chi connectivity index (χ0v) is 17.1. The van der Waals surface area contributed by atoms with E-state index in [1.165, 1.54) is 11.3 Å². The number of amides is 2. The molecule has 2 aromatic rings. The Morgan fingerprint density at radius 3 is 2.48 bits per heavy atom. The first-order valence-corrected chi connectivity index (χ1v) is 10.5. The molecule has 0 spiro atoms. The summed E-state index contributed by atoms with van der Waals surface area (Å²) in [5.41, 5.74) is 2.59. The first kappa shape index (κ1) is 19.5. The summed E-state index contributed by atoms with van der Waals surface area (Å²) < 4.78 is 0. The molecule has 1 heterocycles. The van der Waals surface area contributed by atoms with E-state index in [-0.39, 0.29) is 17.7 Å². The Morgan fingerprint density at radius 1 is 1.19 bits per heavy atom. The fourth-order valence-electron chi connectivity index (χ4n) is 3.49. The van der Waals surface area contributed by atoms with Gasteiger partial charge in [-0.05, 0) is 44.7 Å². The van der Waals surface area contributed by atoms with E-state index in [1.54, 1.807) is 0 Å². The summed E-state index contributed by atoms with van der Waals surface area (Å²) in [7, 11) is 0. The van der Waals surface area contributed by atoms with Crippen LogP contribution in [0.4, 0.5) is 5.13 Å². The van der Waals surface area contributed by atoms with E-state index >= 15 is 0 Å². The number of fused-ring (bicyclic) bond motifs is 1. The minimum atomic E-state index is -0.167. The van der Waals surface area contributed by atoms with Crippen molar-refractivity contribution >= 4 is 28.3 Å². The Labute approximate surface area is 164 Å². The summed E-state index contributed by atoms with van der Waals surface area (Å²) >= 11 is 1.49. The smallest absolute Gasteiger partial charge is 0.257 e. The SMILES string of the molecule is CCCN(CCC)C(=O)C1CCc2sc(NC(=O)c3ccc(C)cc3)nc21. The Kier molecular flexibility index (Phi) is 6.26. The highest BCUT2D eigenvalue weighted by Gasteiger charge is 2.35. The molecule has 5 nitrogen and oxygen atoms in total. The molecular weight excluding hydrogens is 358 g/mol. The number of rotatable bonds is 7. The van der Waals surface area contributed by atoms with E-state index in [0.717, 1.165) is 54.9 Å². The van der Waals surface area contributed by atoms with Crippen LogP contribution in [-0.2, 0) is 11.2 Å². The van der Waals surface area contributed by atoms with E-state index in [2.05, 4.69) is 24.1 Å². The second-order valence-electron chi connectivity index (χ2n) is 7.06. The molecule has 0 radical (unpaired) electrons. The molecule has 27 heavy (non-hydrogen) atoms. The molecule has 6 heteroatoms. The van der Waals surface area contributed by atoms with Crippen LogP contribution in [-0.4, -0.2) is 34.8 Å². The highest BCUT2D eigenvalue weighted by molar-refractivity contribution is 7.16. The molecule has 0 bridgehead atoms. The molecule has 1 unspecified atom stereocenters. The minimum absolute atomic E-state index is 0.163. The molecule has 0 aliphatic heterocycles. The first-order valence-electron chi connectivity index (χ1n) is 9.69. The summed E-state index contributed by atoms with van der Waals surface area (Å²) in [6.07, 6.45) is 3.60. The lowest BCUT2D eigenvalue weighted by molar-refractivity contribution is -0.133. The van der Waals surface area contributed by atoms with Crippen LogP contribution in [0.25, 0.3) is 0 Å². The highest BCUT2D eigenvalue weighted by atomic mass is 32.1. The highest BCUT2D eigenvalue weighted by Crippen LogP contribution is 2.39. The third-order valence-corrected chi connectivity index (χ3v) is 5.90. The monoisotopic (exact) mass is 385 g/mol. The van der Waals surface area contributed by atoms with Gasteiger partial charge in [0.05, 0.1) is 11.6 Å². The Balaban J connectivity index is 1.72. The molecule has 0 saturated carbocycles. The molecular formula is C21H27N3O2S. The van der Waals surface area contributed by atoms with E-state index in [1.807, 2.05) is 36.1 Å². The van der Waals surface area contributed by atoms with Crippen molar-refractivity contribution in [2.45, 2.75) is 52.4 Å². The third-order valence-electron chi connectivity index (χ3n) is 4.85. The molecule has 1 aromatic carbocycles. The van der Waals surface area contributed by atoms with Crippen molar-refractivity contribution in [3.8, 4) is 0 Å². The van der Waals surface area contributed by atoms with E-state index in [9.17, 15) is 9.59 Å². The fraction of sp³-hybridized carbons (Fsp3) is 0.476. The van der Waals surface area contributed by atoms with Crippen molar-refractivity contribution in [3.05, 3.63) is 46.0 Å². The minimum Gasteiger partial charge on any atom is -0.342 e. The van der Waals surface area contributed by atoms with Gasteiger partial charge in [-0.3, -0.25) is 14.9 Å². The maximum absolute atomic E-state index is 13.0. The average Bonchev–Trinajstić information content (AvgIpc) is 3.21. The summed E-state index contributed by atoms with van der Waals surface area (Å²) in [6, 6.07) is 7.46. The van der Waals surface area contributed by atoms with Crippen LogP contribution in [0.5, 0.6) is 0 Å². The average molecular weight is 386 g/mol. The molecule has 0 fully saturated rings. The summed E-state index contributed by atoms with van der Waals surface area (Å²) in [5.74, 6) is -0.151. The van der Waals surface area contributed by atoms with Crippen LogP contribution < -0.4 is 5.32 Å². The van der Waals surface area contributed by atoms with E-state index in [0.29, 0.717) is 10.7 Å². The molecule has 1 N–H and O–H groups in total. The van der Waals surface area contributed by atoms with Crippen LogP contribution >= 0.6 is 11.3 Å². The number of nitrogens with one attached hydrogen (secondary N) is 1. The second-order valence-corrected chi connectivity index (χ2v) is 8.15. The Morgan fingerprint density at radius 2 is 1.85 bits per heavy atom.